The number of hydrogen-bond acceptors (Lipinski definition) is 0. The first kappa shape index (κ1) is 12.7. The van der Waals surface area contributed by atoms with Crippen LogP contribution >= 0.6 is 11.6 Å². The molecule has 0 N–H and O–H groups in total. The molecule has 94 valence electrons. The molecule has 0 aromatic heterocycles. The maximum Gasteiger partial charge on any atom is 0.416 e. The Hall–Kier alpha value is -0.700. The van der Waals surface area contributed by atoms with Crippen molar-refractivity contribution in [1.29, 1.82) is 0 Å². The summed E-state index contributed by atoms with van der Waals surface area (Å²) >= 11 is 6.09. The van der Waals surface area contributed by atoms with E-state index >= 15 is 0 Å². The molecule has 0 bridgehead atoms. The quantitative estimate of drug-likeness (QED) is 0.636. The molecule has 3 atom stereocenters. The predicted octanol–water partition coefficient (Wildman–Crippen LogP) is 4.83. The number of rotatable bonds is 1. The lowest BCUT2D eigenvalue weighted by atomic mass is 9.87. The van der Waals surface area contributed by atoms with Gasteiger partial charge < -0.3 is 0 Å². The Bertz CT molecular complexity index is 400. The third-order valence-electron chi connectivity index (χ3n) is 3.62. The fourth-order valence-corrected chi connectivity index (χ4v) is 2.94. The van der Waals surface area contributed by atoms with E-state index in [4.69, 9.17) is 11.6 Å². The lowest BCUT2D eigenvalue weighted by molar-refractivity contribution is -0.138. The summed E-state index contributed by atoms with van der Waals surface area (Å²) in [5.74, 6) is 0.0236. The molecular weight excluding hydrogens is 249 g/mol. The molecular formula is C13H14ClF3. The number of halogens is 4. The summed E-state index contributed by atoms with van der Waals surface area (Å²) in [4.78, 5) is 0. The van der Waals surface area contributed by atoms with Crippen LogP contribution in [0, 0.1) is 5.92 Å². The van der Waals surface area contributed by atoms with E-state index < -0.39 is 11.7 Å². The van der Waals surface area contributed by atoms with Crippen molar-refractivity contribution in [2.75, 3.05) is 0 Å². The molecule has 1 aromatic rings. The second-order valence-electron chi connectivity index (χ2n) is 4.64. The van der Waals surface area contributed by atoms with Gasteiger partial charge in [-0.05, 0) is 36.3 Å². The van der Waals surface area contributed by atoms with Gasteiger partial charge in [0, 0.05) is 5.38 Å². The van der Waals surface area contributed by atoms with Gasteiger partial charge in [0.2, 0.25) is 0 Å². The van der Waals surface area contributed by atoms with Gasteiger partial charge >= 0.3 is 6.18 Å². The molecule has 1 aromatic carbocycles. The highest BCUT2D eigenvalue weighted by Gasteiger charge is 2.39. The molecule has 17 heavy (non-hydrogen) atoms. The van der Waals surface area contributed by atoms with Crippen LogP contribution in [0.4, 0.5) is 13.2 Å². The molecule has 2 rings (SSSR count). The zero-order valence-corrected chi connectivity index (χ0v) is 10.2. The van der Waals surface area contributed by atoms with Crippen molar-refractivity contribution in [3.8, 4) is 0 Å². The molecule has 0 radical (unpaired) electrons. The molecule has 1 aliphatic carbocycles. The minimum absolute atomic E-state index is 0.0127. The average Bonchev–Trinajstić information content (AvgIpc) is 2.59. The van der Waals surface area contributed by atoms with Gasteiger partial charge in [0.25, 0.3) is 0 Å². The second kappa shape index (κ2) is 4.52. The van der Waals surface area contributed by atoms with Crippen molar-refractivity contribution in [1.82, 2.24) is 0 Å². The SMILES string of the molecule is CC1C(Cl)CCC1c1ccccc1C(F)(F)F. The Balaban J connectivity index is 2.39. The molecule has 0 aliphatic heterocycles. The van der Waals surface area contributed by atoms with Crippen LogP contribution in [0.2, 0.25) is 0 Å². The first-order valence-electron chi connectivity index (χ1n) is 5.71. The van der Waals surface area contributed by atoms with Gasteiger partial charge in [-0.1, -0.05) is 25.1 Å². The summed E-state index contributed by atoms with van der Waals surface area (Å²) in [6.07, 6.45) is -2.75. The van der Waals surface area contributed by atoms with Crippen LogP contribution in [-0.2, 0) is 6.18 Å². The Labute approximate surface area is 104 Å². The van der Waals surface area contributed by atoms with Crippen molar-refractivity contribution in [3.05, 3.63) is 35.4 Å². The fraction of sp³-hybridized carbons (Fsp3) is 0.538. The van der Waals surface area contributed by atoms with Gasteiger partial charge in [0.15, 0.2) is 0 Å². The standard InChI is InChI=1S/C13H14ClF3/c1-8-9(6-7-12(8)14)10-4-2-3-5-11(10)13(15,16)17/h2-5,8-9,12H,6-7H2,1H3. The largest absolute Gasteiger partial charge is 0.416 e. The van der Waals surface area contributed by atoms with Crippen LogP contribution in [0.3, 0.4) is 0 Å². The topological polar surface area (TPSA) is 0 Å². The zero-order valence-electron chi connectivity index (χ0n) is 9.47. The van der Waals surface area contributed by atoms with E-state index in [-0.39, 0.29) is 17.2 Å². The summed E-state index contributed by atoms with van der Waals surface area (Å²) in [6, 6.07) is 5.84. The summed E-state index contributed by atoms with van der Waals surface area (Å²) in [6.45, 7) is 1.93. The monoisotopic (exact) mass is 262 g/mol. The van der Waals surface area contributed by atoms with Crippen molar-refractivity contribution in [3.63, 3.8) is 0 Å². The maximum atomic E-state index is 12.9. The summed E-state index contributed by atoms with van der Waals surface area (Å²) < 4.78 is 38.7. The van der Waals surface area contributed by atoms with Gasteiger partial charge in [-0.3, -0.25) is 0 Å². The first-order chi connectivity index (χ1) is 7.91. The Kier molecular flexibility index (Phi) is 3.39. The van der Waals surface area contributed by atoms with Crippen LogP contribution in [0.25, 0.3) is 0 Å². The van der Waals surface area contributed by atoms with E-state index in [2.05, 4.69) is 0 Å². The smallest absolute Gasteiger partial charge is 0.166 e. The van der Waals surface area contributed by atoms with E-state index in [0.717, 1.165) is 18.9 Å². The summed E-state index contributed by atoms with van der Waals surface area (Å²) in [5.41, 5.74) is -0.113. The summed E-state index contributed by atoms with van der Waals surface area (Å²) in [7, 11) is 0. The van der Waals surface area contributed by atoms with Gasteiger partial charge in [-0.15, -0.1) is 11.6 Å². The molecule has 0 heterocycles. The Morgan fingerprint density at radius 3 is 2.35 bits per heavy atom. The molecule has 1 aliphatic rings. The molecule has 0 nitrogen and oxygen atoms in total. The van der Waals surface area contributed by atoms with Crippen molar-refractivity contribution in [2.45, 2.75) is 37.2 Å². The van der Waals surface area contributed by atoms with E-state index in [1.807, 2.05) is 6.92 Å². The van der Waals surface area contributed by atoms with Crippen molar-refractivity contribution in [2.24, 2.45) is 5.92 Å². The molecule has 3 unspecified atom stereocenters. The predicted molar refractivity (Wildman–Crippen MR) is 62.2 cm³/mol. The molecule has 4 heteroatoms. The van der Waals surface area contributed by atoms with Gasteiger partial charge in [-0.25, -0.2) is 0 Å². The molecule has 0 amide bonds. The zero-order chi connectivity index (χ0) is 12.6. The van der Waals surface area contributed by atoms with Crippen LogP contribution in [-0.4, -0.2) is 5.38 Å². The number of benzene rings is 1. The highest BCUT2D eigenvalue weighted by molar-refractivity contribution is 6.21. The average molecular weight is 263 g/mol. The van der Waals surface area contributed by atoms with E-state index in [0.29, 0.717) is 5.56 Å². The third kappa shape index (κ3) is 2.44. The van der Waals surface area contributed by atoms with Crippen molar-refractivity contribution < 1.29 is 13.2 Å². The molecule has 0 spiro atoms. The lowest BCUT2D eigenvalue weighted by Gasteiger charge is -2.21. The van der Waals surface area contributed by atoms with Gasteiger partial charge in [-0.2, -0.15) is 13.2 Å². The minimum Gasteiger partial charge on any atom is -0.166 e. The lowest BCUT2D eigenvalue weighted by Crippen LogP contribution is -2.15. The highest BCUT2D eigenvalue weighted by Crippen LogP contribution is 2.45. The first-order valence-corrected chi connectivity index (χ1v) is 6.15. The second-order valence-corrected chi connectivity index (χ2v) is 5.20. The summed E-state index contributed by atoms with van der Waals surface area (Å²) in [5, 5.41) is -0.0127. The van der Waals surface area contributed by atoms with Crippen LogP contribution in [0.1, 0.15) is 36.8 Å². The van der Waals surface area contributed by atoms with E-state index in [9.17, 15) is 13.2 Å². The molecule has 0 saturated heterocycles. The third-order valence-corrected chi connectivity index (χ3v) is 4.24. The molecule has 1 saturated carbocycles. The minimum atomic E-state index is -4.28. The Morgan fingerprint density at radius 1 is 1.18 bits per heavy atom. The van der Waals surface area contributed by atoms with E-state index in [1.165, 1.54) is 6.07 Å². The number of hydrogen-bond donors (Lipinski definition) is 0. The van der Waals surface area contributed by atoms with Crippen molar-refractivity contribution >= 4 is 11.6 Å². The molecule has 1 fully saturated rings. The Morgan fingerprint density at radius 2 is 1.82 bits per heavy atom. The highest BCUT2D eigenvalue weighted by atomic mass is 35.5. The van der Waals surface area contributed by atoms with Gasteiger partial charge in [0.1, 0.15) is 0 Å². The van der Waals surface area contributed by atoms with E-state index in [1.54, 1.807) is 12.1 Å². The van der Waals surface area contributed by atoms with Crippen LogP contribution < -0.4 is 0 Å². The van der Waals surface area contributed by atoms with Gasteiger partial charge in [0.05, 0.1) is 5.56 Å². The number of alkyl halides is 4. The van der Waals surface area contributed by atoms with Crippen LogP contribution in [0.15, 0.2) is 24.3 Å². The normalized spacial score (nSPS) is 29.6. The fourth-order valence-electron chi connectivity index (χ4n) is 2.63. The van der Waals surface area contributed by atoms with Crippen LogP contribution in [0.5, 0.6) is 0 Å². The maximum absolute atomic E-state index is 12.9.